The Kier molecular flexibility index (Phi) is 11.4. The van der Waals surface area contributed by atoms with Crippen molar-refractivity contribution in [2.24, 2.45) is 0 Å². The zero-order valence-electron chi connectivity index (χ0n) is 21.4. The van der Waals surface area contributed by atoms with Crippen LogP contribution < -0.4 is 14.4 Å². The van der Waals surface area contributed by atoms with Gasteiger partial charge in [-0.2, -0.15) is 0 Å². The zero-order valence-corrected chi connectivity index (χ0v) is 24.5. The molecule has 0 aliphatic heterocycles. The molecular formula is C25H32Cl3N3O5S. The number of halogens is 3. The molecule has 2 amide bonds. The SMILES string of the molecule is CC[C@H](C)NC(=O)[C@H](CC)N(Cc1c(Cl)cccc1Cl)C(=O)CN(c1ccc(OC)c(Cl)c1)S(C)(=O)=O. The molecule has 204 valence electrons. The van der Waals surface area contributed by atoms with Crippen molar-refractivity contribution in [2.75, 3.05) is 24.2 Å². The number of hydrogen-bond donors (Lipinski definition) is 1. The highest BCUT2D eigenvalue weighted by molar-refractivity contribution is 7.92. The van der Waals surface area contributed by atoms with Gasteiger partial charge in [0.25, 0.3) is 0 Å². The van der Waals surface area contributed by atoms with Crippen LogP contribution >= 0.6 is 34.8 Å². The number of rotatable bonds is 12. The molecular weight excluding hydrogens is 561 g/mol. The average molecular weight is 593 g/mol. The lowest BCUT2D eigenvalue weighted by atomic mass is 10.1. The Bertz CT molecular complexity index is 1210. The summed E-state index contributed by atoms with van der Waals surface area (Å²) in [4.78, 5) is 28.3. The Morgan fingerprint density at radius 3 is 2.14 bits per heavy atom. The van der Waals surface area contributed by atoms with E-state index in [0.717, 1.165) is 10.6 Å². The van der Waals surface area contributed by atoms with Gasteiger partial charge in [-0.25, -0.2) is 8.42 Å². The molecule has 0 saturated heterocycles. The maximum absolute atomic E-state index is 13.8. The van der Waals surface area contributed by atoms with E-state index in [1.165, 1.54) is 30.2 Å². The lowest BCUT2D eigenvalue weighted by molar-refractivity contribution is -0.140. The Balaban J connectivity index is 2.53. The maximum atomic E-state index is 13.8. The van der Waals surface area contributed by atoms with Crippen LogP contribution in [0.5, 0.6) is 5.75 Å². The second-order valence-corrected chi connectivity index (χ2v) is 11.7. The van der Waals surface area contributed by atoms with Gasteiger partial charge in [-0.15, -0.1) is 0 Å². The molecule has 0 bridgehead atoms. The molecule has 0 aliphatic carbocycles. The normalized spacial score (nSPS) is 13.0. The van der Waals surface area contributed by atoms with Crippen molar-refractivity contribution in [3.05, 3.63) is 57.0 Å². The van der Waals surface area contributed by atoms with Gasteiger partial charge in [-0.1, -0.05) is 54.7 Å². The fourth-order valence-corrected chi connectivity index (χ4v) is 5.25. The van der Waals surface area contributed by atoms with E-state index in [4.69, 9.17) is 39.5 Å². The van der Waals surface area contributed by atoms with Crippen molar-refractivity contribution in [1.29, 1.82) is 0 Å². The Hall–Kier alpha value is -2.20. The molecule has 2 atom stereocenters. The Morgan fingerprint density at radius 2 is 1.65 bits per heavy atom. The zero-order chi connectivity index (χ0) is 27.9. The third kappa shape index (κ3) is 8.14. The first-order valence-corrected chi connectivity index (χ1v) is 14.7. The third-order valence-corrected chi connectivity index (χ3v) is 8.02. The molecule has 0 radical (unpaired) electrons. The standard InChI is InChI=1S/C25H32Cl3N3O5S/c1-6-16(3)29-25(33)22(7-2)30(14-18-19(26)9-8-10-20(18)27)24(32)15-31(37(5,34)35)17-11-12-23(36-4)21(28)13-17/h8-13,16,22H,6-7,14-15H2,1-5H3,(H,29,33)/t16-,22-/m0/s1. The van der Waals surface area contributed by atoms with Gasteiger partial charge in [0.1, 0.15) is 18.3 Å². The Morgan fingerprint density at radius 1 is 1.03 bits per heavy atom. The minimum atomic E-state index is -3.91. The van der Waals surface area contributed by atoms with E-state index in [9.17, 15) is 18.0 Å². The number of sulfonamides is 1. The van der Waals surface area contributed by atoms with Gasteiger partial charge in [0.2, 0.25) is 21.8 Å². The number of hydrogen-bond acceptors (Lipinski definition) is 5. The highest BCUT2D eigenvalue weighted by atomic mass is 35.5. The fourth-order valence-electron chi connectivity index (χ4n) is 3.64. The number of amides is 2. The highest BCUT2D eigenvalue weighted by Crippen LogP contribution is 2.31. The van der Waals surface area contributed by atoms with Crippen molar-refractivity contribution < 1.29 is 22.7 Å². The largest absolute Gasteiger partial charge is 0.495 e. The van der Waals surface area contributed by atoms with E-state index in [1.54, 1.807) is 25.1 Å². The first-order chi connectivity index (χ1) is 17.3. The van der Waals surface area contributed by atoms with Gasteiger partial charge in [-0.05, 0) is 50.1 Å². The van der Waals surface area contributed by atoms with Crippen molar-refractivity contribution in [1.82, 2.24) is 10.2 Å². The minimum absolute atomic E-state index is 0.0925. The molecule has 2 aromatic carbocycles. The summed E-state index contributed by atoms with van der Waals surface area (Å²) in [7, 11) is -2.48. The number of benzene rings is 2. The van der Waals surface area contributed by atoms with Crippen molar-refractivity contribution in [3.8, 4) is 5.75 Å². The predicted molar refractivity (Wildman–Crippen MR) is 149 cm³/mol. The van der Waals surface area contributed by atoms with Crippen LogP contribution in [-0.2, 0) is 26.2 Å². The van der Waals surface area contributed by atoms with Gasteiger partial charge in [0.05, 0.1) is 24.1 Å². The molecule has 2 aromatic rings. The minimum Gasteiger partial charge on any atom is -0.495 e. The number of nitrogens with one attached hydrogen (secondary N) is 1. The fraction of sp³-hybridized carbons (Fsp3) is 0.440. The molecule has 2 rings (SSSR count). The van der Waals surface area contributed by atoms with Gasteiger partial charge >= 0.3 is 0 Å². The molecule has 0 unspecified atom stereocenters. The van der Waals surface area contributed by atoms with Crippen LogP contribution in [0, 0.1) is 0 Å². The number of nitrogens with zero attached hydrogens (tertiary/aromatic N) is 2. The van der Waals surface area contributed by atoms with E-state index >= 15 is 0 Å². The van der Waals surface area contributed by atoms with E-state index in [0.29, 0.717) is 27.8 Å². The average Bonchev–Trinajstić information content (AvgIpc) is 2.83. The third-order valence-electron chi connectivity index (χ3n) is 5.88. The van der Waals surface area contributed by atoms with E-state index in [2.05, 4.69) is 5.32 Å². The smallest absolute Gasteiger partial charge is 0.244 e. The number of carbonyl (C=O) groups excluding carboxylic acids is 2. The first kappa shape index (κ1) is 31.0. The highest BCUT2D eigenvalue weighted by Gasteiger charge is 2.33. The molecule has 0 spiro atoms. The van der Waals surface area contributed by atoms with E-state index in [1.807, 2.05) is 13.8 Å². The van der Waals surface area contributed by atoms with E-state index < -0.39 is 28.5 Å². The topological polar surface area (TPSA) is 96.0 Å². The monoisotopic (exact) mass is 591 g/mol. The number of methoxy groups -OCH3 is 1. The molecule has 37 heavy (non-hydrogen) atoms. The summed E-state index contributed by atoms with van der Waals surface area (Å²) in [6, 6.07) is 8.33. The summed E-state index contributed by atoms with van der Waals surface area (Å²) in [6.07, 6.45) is 1.97. The summed E-state index contributed by atoms with van der Waals surface area (Å²) in [5, 5.41) is 3.73. The molecule has 0 fully saturated rings. The molecule has 0 aliphatic rings. The lowest BCUT2D eigenvalue weighted by Gasteiger charge is -2.33. The Labute approximate surface area is 233 Å². The van der Waals surface area contributed by atoms with Crippen LogP contribution in [0.25, 0.3) is 0 Å². The number of carbonyl (C=O) groups is 2. The second kappa shape index (κ2) is 13.6. The van der Waals surface area contributed by atoms with E-state index in [-0.39, 0.29) is 35.6 Å². The van der Waals surface area contributed by atoms with Gasteiger partial charge in [-0.3, -0.25) is 13.9 Å². The number of ether oxygens (including phenoxy) is 1. The van der Waals surface area contributed by atoms with Crippen LogP contribution in [0.1, 0.15) is 39.2 Å². The molecule has 0 aromatic heterocycles. The van der Waals surface area contributed by atoms with Crippen molar-refractivity contribution >= 4 is 62.3 Å². The molecule has 0 heterocycles. The first-order valence-electron chi connectivity index (χ1n) is 11.7. The predicted octanol–water partition coefficient (Wildman–Crippen LogP) is 5.14. The summed E-state index contributed by atoms with van der Waals surface area (Å²) >= 11 is 19.0. The summed E-state index contributed by atoms with van der Waals surface area (Å²) in [5.74, 6) is -0.612. The van der Waals surface area contributed by atoms with Crippen molar-refractivity contribution in [3.63, 3.8) is 0 Å². The van der Waals surface area contributed by atoms with Gasteiger partial charge in [0.15, 0.2) is 0 Å². The summed E-state index contributed by atoms with van der Waals surface area (Å²) < 4.78 is 31.6. The second-order valence-electron chi connectivity index (χ2n) is 8.55. The van der Waals surface area contributed by atoms with Crippen LogP contribution in [-0.4, -0.2) is 57.1 Å². The van der Waals surface area contributed by atoms with Crippen LogP contribution in [0.3, 0.4) is 0 Å². The van der Waals surface area contributed by atoms with Crippen LogP contribution in [0.15, 0.2) is 36.4 Å². The number of anilines is 1. The maximum Gasteiger partial charge on any atom is 0.244 e. The van der Waals surface area contributed by atoms with Crippen LogP contribution in [0.4, 0.5) is 5.69 Å². The molecule has 0 saturated carbocycles. The summed E-state index contributed by atoms with van der Waals surface area (Å²) in [6.45, 7) is 4.90. The molecule has 8 nitrogen and oxygen atoms in total. The van der Waals surface area contributed by atoms with Crippen LogP contribution in [0.2, 0.25) is 15.1 Å². The van der Waals surface area contributed by atoms with Crippen molar-refractivity contribution in [2.45, 2.75) is 52.2 Å². The lowest BCUT2D eigenvalue weighted by Crippen LogP contribution is -2.53. The molecule has 1 N–H and O–H groups in total. The van der Waals surface area contributed by atoms with Gasteiger partial charge in [0, 0.05) is 28.2 Å². The summed E-state index contributed by atoms with van der Waals surface area (Å²) in [5.41, 5.74) is 0.627. The van der Waals surface area contributed by atoms with Gasteiger partial charge < -0.3 is 15.0 Å². The molecule has 12 heteroatoms. The quantitative estimate of drug-likeness (QED) is 0.368.